The van der Waals surface area contributed by atoms with E-state index in [-0.39, 0.29) is 5.78 Å². The van der Waals surface area contributed by atoms with E-state index < -0.39 is 0 Å². The number of anilines is 1. The van der Waals surface area contributed by atoms with Crippen molar-refractivity contribution in [2.45, 2.75) is 20.8 Å². The Bertz CT molecular complexity index is 584. The Labute approximate surface area is 100 Å². The van der Waals surface area contributed by atoms with Crippen molar-refractivity contribution in [1.82, 2.24) is 9.78 Å². The number of aromatic nitrogens is 2. The van der Waals surface area contributed by atoms with Crippen LogP contribution in [0.3, 0.4) is 0 Å². The maximum atomic E-state index is 11.3. The molecule has 2 N–H and O–H groups in total. The van der Waals surface area contributed by atoms with Gasteiger partial charge in [0.05, 0.1) is 17.4 Å². The number of nitrogen functional groups attached to an aromatic ring is 1. The number of hydrogen-bond acceptors (Lipinski definition) is 3. The van der Waals surface area contributed by atoms with Gasteiger partial charge >= 0.3 is 0 Å². The number of benzene rings is 1. The van der Waals surface area contributed by atoms with Crippen LogP contribution in [0.15, 0.2) is 24.4 Å². The molecule has 17 heavy (non-hydrogen) atoms. The van der Waals surface area contributed by atoms with E-state index in [1.165, 1.54) is 18.7 Å². The molecule has 0 aliphatic heterocycles. The fraction of sp³-hybridized carbons (Fsp3) is 0.231. The number of carbonyl (C=O) groups is 1. The van der Waals surface area contributed by atoms with Gasteiger partial charge < -0.3 is 5.73 Å². The summed E-state index contributed by atoms with van der Waals surface area (Å²) in [6.07, 6.45) is 1.51. The van der Waals surface area contributed by atoms with Crippen molar-refractivity contribution in [3.05, 3.63) is 41.1 Å². The van der Waals surface area contributed by atoms with Gasteiger partial charge in [-0.2, -0.15) is 5.10 Å². The minimum Gasteiger partial charge on any atom is -0.383 e. The Morgan fingerprint density at radius 2 is 2.06 bits per heavy atom. The number of nitrogens with two attached hydrogens (primary N) is 1. The van der Waals surface area contributed by atoms with Crippen molar-refractivity contribution in [2.75, 3.05) is 5.73 Å². The number of rotatable bonds is 2. The minimum atomic E-state index is -0.0703. The predicted molar refractivity (Wildman–Crippen MR) is 67.5 cm³/mol. The normalized spacial score (nSPS) is 10.5. The van der Waals surface area contributed by atoms with Gasteiger partial charge in [-0.15, -0.1) is 0 Å². The first-order valence-electron chi connectivity index (χ1n) is 5.43. The maximum absolute atomic E-state index is 11.3. The van der Waals surface area contributed by atoms with Crippen molar-refractivity contribution >= 4 is 11.6 Å². The quantitative estimate of drug-likeness (QED) is 0.803. The maximum Gasteiger partial charge on any atom is 0.165 e. The number of Topliss-reactive ketones (excluding diaryl/α,β-unsaturated/α-hetero) is 1. The fourth-order valence-corrected chi connectivity index (χ4v) is 1.79. The van der Waals surface area contributed by atoms with Crippen LogP contribution in [0.2, 0.25) is 0 Å². The zero-order valence-corrected chi connectivity index (χ0v) is 10.2. The zero-order valence-electron chi connectivity index (χ0n) is 10.2. The molecular weight excluding hydrogens is 214 g/mol. The van der Waals surface area contributed by atoms with Crippen molar-refractivity contribution in [1.29, 1.82) is 0 Å². The molecule has 0 atom stereocenters. The van der Waals surface area contributed by atoms with Gasteiger partial charge in [0.2, 0.25) is 0 Å². The smallest absolute Gasteiger partial charge is 0.165 e. The van der Waals surface area contributed by atoms with Gasteiger partial charge in [0, 0.05) is 0 Å². The third-order valence-electron chi connectivity index (χ3n) is 2.99. The highest BCUT2D eigenvalue weighted by molar-refractivity contribution is 5.98. The van der Waals surface area contributed by atoms with Crippen molar-refractivity contribution in [2.24, 2.45) is 0 Å². The Morgan fingerprint density at radius 3 is 2.65 bits per heavy atom. The topological polar surface area (TPSA) is 60.9 Å². The molecule has 0 saturated heterocycles. The predicted octanol–water partition coefficient (Wildman–Crippen LogP) is 2.27. The van der Waals surface area contributed by atoms with Crippen molar-refractivity contribution in [3.63, 3.8) is 0 Å². The van der Waals surface area contributed by atoms with E-state index in [2.05, 4.69) is 5.10 Å². The van der Waals surface area contributed by atoms with E-state index in [9.17, 15) is 4.79 Å². The molecule has 2 aromatic rings. The Kier molecular flexibility index (Phi) is 2.71. The first-order chi connectivity index (χ1) is 8.02. The van der Waals surface area contributed by atoms with Crippen molar-refractivity contribution < 1.29 is 4.79 Å². The van der Waals surface area contributed by atoms with Crippen LogP contribution in [0.4, 0.5) is 5.82 Å². The van der Waals surface area contributed by atoms with Crippen LogP contribution in [0, 0.1) is 13.8 Å². The first kappa shape index (κ1) is 11.4. The molecule has 88 valence electrons. The average Bonchev–Trinajstić information content (AvgIpc) is 2.64. The summed E-state index contributed by atoms with van der Waals surface area (Å²) in [7, 11) is 0. The summed E-state index contributed by atoms with van der Waals surface area (Å²) < 4.78 is 1.61. The van der Waals surface area contributed by atoms with Crippen LogP contribution in [-0.2, 0) is 0 Å². The third kappa shape index (κ3) is 1.82. The summed E-state index contributed by atoms with van der Waals surface area (Å²) >= 11 is 0. The SMILES string of the molecule is CC(=O)c1cnn(-c2cccc(C)c2C)c1N. The summed E-state index contributed by atoms with van der Waals surface area (Å²) in [5.41, 5.74) is 9.59. The minimum absolute atomic E-state index is 0.0703. The second-order valence-electron chi connectivity index (χ2n) is 4.13. The molecule has 0 bridgehead atoms. The van der Waals surface area contributed by atoms with E-state index in [1.807, 2.05) is 32.0 Å². The number of carbonyl (C=O) groups excluding carboxylic acids is 1. The Balaban J connectivity index is 2.62. The lowest BCUT2D eigenvalue weighted by molar-refractivity contribution is 0.101. The standard InChI is InChI=1S/C13H15N3O/c1-8-5-4-6-12(9(8)2)16-13(14)11(7-15-16)10(3)17/h4-7H,14H2,1-3H3. The molecule has 4 heteroatoms. The van der Waals surface area contributed by atoms with Gasteiger partial charge in [-0.25, -0.2) is 4.68 Å². The summed E-state index contributed by atoms with van der Waals surface area (Å²) in [6, 6.07) is 5.92. The molecule has 0 aliphatic carbocycles. The van der Waals surface area contributed by atoms with Crippen LogP contribution in [0.25, 0.3) is 5.69 Å². The molecule has 0 amide bonds. The Hall–Kier alpha value is -2.10. The number of nitrogens with zero attached hydrogens (tertiary/aromatic N) is 2. The molecule has 4 nitrogen and oxygen atoms in total. The summed E-state index contributed by atoms with van der Waals surface area (Å²) in [5.74, 6) is 0.324. The van der Waals surface area contributed by atoms with Gasteiger partial charge in [-0.1, -0.05) is 12.1 Å². The summed E-state index contributed by atoms with van der Waals surface area (Å²) in [6.45, 7) is 5.53. The van der Waals surface area contributed by atoms with Crippen molar-refractivity contribution in [3.8, 4) is 5.69 Å². The lowest BCUT2D eigenvalue weighted by Crippen LogP contribution is -2.06. The van der Waals surface area contributed by atoms with Gasteiger partial charge in [-0.05, 0) is 38.0 Å². The monoisotopic (exact) mass is 229 g/mol. The second kappa shape index (κ2) is 4.05. The molecule has 2 rings (SSSR count). The molecule has 0 fully saturated rings. The summed E-state index contributed by atoms with van der Waals surface area (Å²) in [4.78, 5) is 11.3. The summed E-state index contributed by atoms with van der Waals surface area (Å²) in [5, 5.41) is 4.18. The third-order valence-corrected chi connectivity index (χ3v) is 2.99. The number of hydrogen-bond donors (Lipinski definition) is 1. The molecule has 0 aliphatic rings. The van der Waals surface area contributed by atoms with Gasteiger partial charge in [0.15, 0.2) is 5.78 Å². The number of aryl methyl sites for hydroxylation is 1. The zero-order chi connectivity index (χ0) is 12.6. The van der Waals surface area contributed by atoms with Crippen LogP contribution in [0.1, 0.15) is 28.4 Å². The van der Waals surface area contributed by atoms with Crippen LogP contribution in [-0.4, -0.2) is 15.6 Å². The molecular formula is C13H15N3O. The van der Waals surface area contributed by atoms with Crippen LogP contribution >= 0.6 is 0 Å². The first-order valence-corrected chi connectivity index (χ1v) is 5.43. The highest BCUT2D eigenvalue weighted by Crippen LogP contribution is 2.22. The number of ketones is 1. The lowest BCUT2D eigenvalue weighted by Gasteiger charge is -2.10. The Morgan fingerprint density at radius 1 is 1.35 bits per heavy atom. The molecule has 1 heterocycles. The molecule has 0 radical (unpaired) electrons. The molecule has 0 unspecified atom stereocenters. The molecule has 1 aromatic heterocycles. The molecule has 0 saturated carbocycles. The highest BCUT2D eigenvalue weighted by atomic mass is 16.1. The molecule has 0 spiro atoms. The van der Waals surface area contributed by atoms with E-state index in [0.717, 1.165) is 11.3 Å². The van der Waals surface area contributed by atoms with Crippen LogP contribution < -0.4 is 5.73 Å². The second-order valence-corrected chi connectivity index (χ2v) is 4.13. The van der Waals surface area contributed by atoms with Gasteiger partial charge in [0.1, 0.15) is 5.82 Å². The molecule has 1 aromatic carbocycles. The van der Waals surface area contributed by atoms with Crippen LogP contribution in [0.5, 0.6) is 0 Å². The van der Waals surface area contributed by atoms with Gasteiger partial charge in [-0.3, -0.25) is 4.79 Å². The lowest BCUT2D eigenvalue weighted by atomic mass is 10.1. The largest absolute Gasteiger partial charge is 0.383 e. The van der Waals surface area contributed by atoms with E-state index in [4.69, 9.17) is 5.73 Å². The van der Waals surface area contributed by atoms with E-state index in [0.29, 0.717) is 11.4 Å². The van der Waals surface area contributed by atoms with Gasteiger partial charge in [0.25, 0.3) is 0 Å². The highest BCUT2D eigenvalue weighted by Gasteiger charge is 2.13. The average molecular weight is 229 g/mol. The van der Waals surface area contributed by atoms with E-state index in [1.54, 1.807) is 4.68 Å². The van der Waals surface area contributed by atoms with E-state index >= 15 is 0 Å². The fourth-order valence-electron chi connectivity index (χ4n) is 1.79.